The molecule has 0 aliphatic carbocycles. The molecule has 138 valence electrons. The molecule has 1 heterocycles. The van der Waals surface area contributed by atoms with Crippen molar-refractivity contribution in [2.24, 2.45) is 0 Å². The van der Waals surface area contributed by atoms with Gasteiger partial charge in [-0.05, 0) is 51.8 Å². The van der Waals surface area contributed by atoms with Crippen molar-refractivity contribution in [2.75, 3.05) is 23.9 Å². The van der Waals surface area contributed by atoms with Crippen LogP contribution >= 0.6 is 39.9 Å². The van der Waals surface area contributed by atoms with E-state index in [4.69, 9.17) is 12.2 Å². The van der Waals surface area contributed by atoms with Crippen molar-refractivity contribution in [1.82, 2.24) is 0 Å². The Bertz CT molecular complexity index is 974. The molecule has 6 nitrogen and oxygen atoms in total. The minimum atomic E-state index is -0.483. The smallest absolute Gasteiger partial charge is 0.270 e. The fourth-order valence-electron chi connectivity index (χ4n) is 2.54. The normalized spacial score (nSPS) is 15.5. The first-order chi connectivity index (χ1) is 12.8. The van der Waals surface area contributed by atoms with Crippen molar-refractivity contribution in [1.29, 1.82) is 0 Å². The second kappa shape index (κ2) is 7.79. The summed E-state index contributed by atoms with van der Waals surface area (Å²) in [4.78, 5) is 27.0. The van der Waals surface area contributed by atoms with Crippen molar-refractivity contribution in [3.05, 3.63) is 67.5 Å². The van der Waals surface area contributed by atoms with Gasteiger partial charge in [-0.3, -0.25) is 19.8 Å². The average Bonchev–Trinajstić information content (AvgIpc) is 2.88. The minimum absolute atomic E-state index is 0.0365. The number of anilines is 2. The number of nitrogens with zero attached hydrogens (tertiary/aromatic N) is 3. The summed E-state index contributed by atoms with van der Waals surface area (Å²) in [6.07, 6.45) is 1.79. The van der Waals surface area contributed by atoms with Gasteiger partial charge in [0.1, 0.15) is 0 Å². The van der Waals surface area contributed by atoms with Crippen LogP contribution in [0.2, 0.25) is 0 Å². The van der Waals surface area contributed by atoms with Crippen molar-refractivity contribution in [3.63, 3.8) is 0 Å². The average molecular weight is 464 g/mol. The molecule has 0 N–H and O–H groups in total. The molecule has 1 amide bonds. The molecule has 9 heteroatoms. The van der Waals surface area contributed by atoms with E-state index in [9.17, 15) is 14.9 Å². The van der Waals surface area contributed by atoms with Gasteiger partial charge in [-0.1, -0.05) is 30.0 Å². The lowest BCUT2D eigenvalue weighted by Crippen LogP contribution is -2.27. The molecule has 27 heavy (non-hydrogen) atoms. The Hall–Kier alpha value is -2.23. The van der Waals surface area contributed by atoms with Gasteiger partial charge in [-0.15, -0.1) is 0 Å². The first-order valence-electron chi connectivity index (χ1n) is 7.77. The number of thioether (sulfide) groups is 1. The van der Waals surface area contributed by atoms with Crippen LogP contribution in [0, 0.1) is 10.1 Å². The number of non-ortho nitro benzene ring substituents is 1. The summed E-state index contributed by atoms with van der Waals surface area (Å²) < 4.78 is 1.32. The lowest BCUT2D eigenvalue weighted by molar-refractivity contribution is -0.384. The molecule has 1 saturated heterocycles. The molecule has 2 aromatic rings. The molecule has 0 saturated carbocycles. The number of amides is 1. The fraction of sp³-hybridized carbons (Fsp3) is 0.111. The Balaban J connectivity index is 1.88. The van der Waals surface area contributed by atoms with Gasteiger partial charge in [0.05, 0.1) is 21.2 Å². The van der Waals surface area contributed by atoms with E-state index >= 15 is 0 Å². The molecule has 0 atom stereocenters. The number of carbonyl (C=O) groups excluding carboxylic acids is 1. The number of nitro benzene ring substituents is 1. The quantitative estimate of drug-likeness (QED) is 0.280. The molecule has 0 radical (unpaired) electrons. The first kappa shape index (κ1) is 19.5. The molecule has 0 bridgehead atoms. The summed E-state index contributed by atoms with van der Waals surface area (Å²) >= 11 is 10.1. The van der Waals surface area contributed by atoms with Crippen LogP contribution < -0.4 is 9.80 Å². The molecule has 0 unspecified atom stereocenters. The van der Waals surface area contributed by atoms with E-state index in [1.165, 1.54) is 40.9 Å². The van der Waals surface area contributed by atoms with Crippen LogP contribution in [0.25, 0.3) is 6.08 Å². The zero-order valence-corrected chi connectivity index (χ0v) is 17.6. The predicted octanol–water partition coefficient (Wildman–Crippen LogP) is 4.83. The highest BCUT2D eigenvalue weighted by Gasteiger charge is 2.33. The number of nitro groups is 1. The maximum absolute atomic E-state index is 12.8. The third-order valence-corrected chi connectivity index (χ3v) is 5.80. The summed E-state index contributed by atoms with van der Waals surface area (Å²) in [5, 5.41) is 10.8. The summed E-state index contributed by atoms with van der Waals surface area (Å²) in [5.74, 6) is -0.244. The molecule has 2 aromatic carbocycles. The zero-order valence-electron chi connectivity index (χ0n) is 14.4. The van der Waals surface area contributed by atoms with Crippen LogP contribution in [-0.2, 0) is 4.79 Å². The van der Waals surface area contributed by atoms with Gasteiger partial charge in [0.2, 0.25) is 0 Å². The van der Waals surface area contributed by atoms with Gasteiger partial charge in [-0.2, -0.15) is 0 Å². The maximum atomic E-state index is 12.8. The van der Waals surface area contributed by atoms with Gasteiger partial charge in [-0.25, -0.2) is 0 Å². The lowest BCUT2D eigenvalue weighted by Gasteiger charge is -2.15. The Morgan fingerprint density at radius 1 is 1.22 bits per heavy atom. The fourth-order valence-corrected chi connectivity index (χ4v) is 4.59. The summed E-state index contributed by atoms with van der Waals surface area (Å²) in [6.45, 7) is 0. The van der Waals surface area contributed by atoms with Crippen molar-refractivity contribution in [2.45, 2.75) is 0 Å². The largest absolute Gasteiger partial charge is 0.377 e. The molecule has 1 aliphatic rings. The van der Waals surface area contributed by atoms with Crippen molar-refractivity contribution in [3.8, 4) is 0 Å². The van der Waals surface area contributed by atoms with E-state index in [2.05, 4.69) is 15.9 Å². The lowest BCUT2D eigenvalue weighted by atomic mass is 10.2. The van der Waals surface area contributed by atoms with E-state index in [1.54, 1.807) is 6.08 Å². The van der Waals surface area contributed by atoms with Gasteiger partial charge in [0.15, 0.2) is 4.32 Å². The molecule has 3 rings (SSSR count). The van der Waals surface area contributed by atoms with Crippen LogP contribution in [-0.4, -0.2) is 29.2 Å². The summed E-state index contributed by atoms with van der Waals surface area (Å²) in [5.41, 5.74) is 2.38. The van der Waals surface area contributed by atoms with E-state index < -0.39 is 4.92 Å². The Morgan fingerprint density at radius 3 is 2.44 bits per heavy atom. The third-order valence-electron chi connectivity index (χ3n) is 3.86. The number of carbonyl (C=O) groups is 1. The number of hydrogen-bond donors (Lipinski definition) is 0. The highest BCUT2D eigenvalue weighted by Crippen LogP contribution is 2.37. The maximum Gasteiger partial charge on any atom is 0.270 e. The Kier molecular flexibility index (Phi) is 5.64. The van der Waals surface area contributed by atoms with Gasteiger partial charge < -0.3 is 4.90 Å². The summed E-state index contributed by atoms with van der Waals surface area (Å²) in [7, 11) is 3.91. The van der Waals surface area contributed by atoms with Gasteiger partial charge in [0, 0.05) is 30.7 Å². The molecular formula is C18H14BrN3O3S2. The minimum Gasteiger partial charge on any atom is -0.377 e. The Morgan fingerprint density at radius 2 is 1.89 bits per heavy atom. The number of benzene rings is 2. The van der Waals surface area contributed by atoms with E-state index in [-0.39, 0.29) is 11.6 Å². The van der Waals surface area contributed by atoms with Crippen LogP contribution in [0.15, 0.2) is 51.8 Å². The van der Waals surface area contributed by atoms with E-state index in [0.717, 1.165) is 15.7 Å². The van der Waals surface area contributed by atoms with Crippen LogP contribution in [0.1, 0.15) is 5.56 Å². The molecular weight excluding hydrogens is 450 g/mol. The van der Waals surface area contributed by atoms with Gasteiger partial charge in [0.25, 0.3) is 11.6 Å². The predicted molar refractivity (Wildman–Crippen MR) is 117 cm³/mol. The van der Waals surface area contributed by atoms with Crippen molar-refractivity contribution < 1.29 is 9.72 Å². The number of thiocarbonyl (C=S) groups is 1. The van der Waals surface area contributed by atoms with Crippen molar-refractivity contribution >= 4 is 73.3 Å². The second-order valence-corrected chi connectivity index (χ2v) is 8.43. The van der Waals surface area contributed by atoms with Crippen LogP contribution in [0.5, 0.6) is 0 Å². The SMILES string of the molecule is CN(C)c1ccc(C=C2SC(=S)N(c3ccc([N+](=O)[O-])cc3)C2=O)cc1Br. The van der Waals surface area contributed by atoms with Crippen LogP contribution in [0.4, 0.5) is 17.1 Å². The van der Waals surface area contributed by atoms with E-state index in [0.29, 0.717) is 14.9 Å². The standard InChI is InChI=1S/C18H14BrN3O3S2/c1-20(2)15-8-3-11(9-14(15)19)10-16-17(23)21(18(26)27-16)12-4-6-13(7-5-12)22(24)25/h3-10H,1-2H3. The molecule has 0 aromatic heterocycles. The monoisotopic (exact) mass is 463 g/mol. The number of rotatable bonds is 4. The highest BCUT2D eigenvalue weighted by molar-refractivity contribution is 9.10. The highest BCUT2D eigenvalue weighted by atomic mass is 79.9. The molecule has 1 aliphatic heterocycles. The third kappa shape index (κ3) is 4.05. The number of hydrogen-bond acceptors (Lipinski definition) is 6. The Labute approximate surface area is 174 Å². The second-order valence-electron chi connectivity index (χ2n) is 5.90. The number of halogens is 1. The topological polar surface area (TPSA) is 66.7 Å². The first-order valence-corrected chi connectivity index (χ1v) is 9.79. The molecule has 1 fully saturated rings. The van der Waals surface area contributed by atoms with Gasteiger partial charge >= 0.3 is 0 Å². The summed E-state index contributed by atoms with van der Waals surface area (Å²) in [6, 6.07) is 11.6. The molecule has 0 spiro atoms. The zero-order chi connectivity index (χ0) is 19.7. The van der Waals surface area contributed by atoms with Crippen LogP contribution in [0.3, 0.4) is 0 Å². The van der Waals surface area contributed by atoms with E-state index in [1.807, 2.05) is 37.2 Å².